The summed E-state index contributed by atoms with van der Waals surface area (Å²) in [6.45, 7) is 4.37. The topological polar surface area (TPSA) is 64.6 Å². The Kier molecular flexibility index (Phi) is 6.43. The van der Waals surface area contributed by atoms with E-state index in [1.807, 2.05) is 13.0 Å². The predicted octanol–water partition coefficient (Wildman–Crippen LogP) is 2.43. The minimum absolute atomic E-state index is 0.205. The molecular weight excluding hydrogens is 246 g/mol. The van der Waals surface area contributed by atoms with Gasteiger partial charge in [-0.3, -0.25) is 4.79 Å². The van der Waals surface area contributed by atoms with Gasteiger partial charge in [0.1, 0.15) is 0 Å². The highest BCUT2D eigenvalue weighted by Gasteiger charge is 2.25. The van der Waals surface area contributed by atoms with Crippen LogP contribution in [0.15, 0.2) is 30.3 Å². The van der Waals surface area contributed by atoms with Crippen LogP contribution in [0.25, 0.3) is 0 Å². The van der Waals surface area contributed by atoms with E-state index in [0.717, 1.165) is 6.42 Å². The largest absolute Gasteiger partial charge is 0.509 e. The minimum atomic E-state index is -0.980. The van der Waals surface area contributed by atoms with Crippen LogP contribution in [-0.4, -0.2) is 25.2 Å². The van der Waals surface area contributed by atoms with Crippen LogP contribution < -0.4 is 5.32 Å². The van der Waals surface area contributed by atoms with Crippen LogP contribution in [0.5, 0.6) is 0 Å². The van der Waals surface area contributed by atoms with E-state index in [1.54, 1.807) is 31.2 Å². The first-order chi connectivity index (χ1) is 9.19. The molecule has 0 aliphatic rings. The number of nitrogens with one attached hydrogen (secondary N) is 1. The first-order valence-corrected chi connectivity index (χ1v) is 6.35. The molecule has 19 heavy (non-hydrogen) atoms. The molecule has 104 valence electrons. The Labute approximate surface area is 112 Å². The summed E-state index contributed by atoms with van der Waals surface area (Å²) in [6.07, 6.45) is -1.01. The molecule has 5 nitrogen and oxygen atoms in total. The van der Waals surface area contributed by atoms with Gasteiger partial charge in [-0.15, -0.1) is 0 Å². The third-order valence-electron chi connectivity index (χ3n) is 2.37. The molecule has 0 heterocycles. The standard InChI is InChI=1S/C14H19NO4/c1-3-10-15-13(16)12(19-14(17)18-4-2)11-8-6-5-7-9-11/h5-9,12H,3-4,10H2,1-2H3,(H,15,16). The molecule has 0 saturated carbocycles. The zero-order valence-corrected chi connectivity index (χ0v) is 11.2. The van der Waals surface area contributed by atoms with E-state index in [1.165, 1.54) is 0 Å². The number of benzene rings is 1. The molecule has 0 radical (unpaired) electrons. The van der Waals surface area contributed by atoms with Gasteiger partial charge in [-0.25, -0.2) is 4.79 Å². The van der Waals surface area contributed by atoms with Crippen LogP contribution in [0.1, 0.15) is 31.9 Å². The quantitative estimate of drug-likeness (QED) is 0.802. The van der Waals surface area contributed by atoms with E-state index in [2.05, 4.69) is 5.32 Å². The third-order valence-corrected chi connectivity index (χ3v) is 2.37. The van der Waals surface area contributed by atoms with E-state index in [4.69, 9.17) is 9.47 Å². The van der Waals surface area contributed by atoms with Gasteiger partial charge in [0.15, 0.2) is 0 Å². The second-order valence-corrected chi connectivity index (χ2v) is 3.88. The molecule has 1 rings (SSSR count). The SMILES string of the molecule is CCCNC(=O)C(OC(=O)OCC)c1ccccc1. The van der Waals surface area contributed by atoms with Crippen LogP contribution >= 0.6 is 0 Å². The van der Waals surface area contributed by atoms with Crippen LogP contribution in [0.3, 0.4) is 0 Å². The van der Waals surface area contributed by atoms with Crippen molar-refractivity contribution < 1.29 is 19.1 Å². The van der Waals surface area contributed by atoms with Crippen molar-refractivity contribution in [1.82, 2.24) is 5.32 Å². The molecule has 1 atom stereocenters. The first kappa shape index (κ1) is 15.0. The van der Waals surface area contributed by atoms with Crippen molar-refractivity contribution in [2.45, 2.75) is 26.4 Å². The van der Waals surface area contributed by atoms with Crippen molar-refractivity contribution in [1.29, 1.82) is 0 Å². The minimum Gasteiger partial charge on any atom is -0.435 e. The zero-order chi connectivity index (χ0) is 14.1. The highest BCUT2D eigenvalue weighted by atomic mass is 16.7. The van der Waals surface area contributed by atoms with Gasteiger partial charge in [0.25, 0.3) is 5.91 Å². The Morgan fingerprint density at radius 2 is 1.89 bits per heavy atom. The Morgan fingerprint density at radius 1 is 1.21 bits per heavy atom. The summed E-state index contributed by atoms with van der Waals surface area (Å²) in [5.41, 5.74) is 0.615. The maximum absolute atomic E-state index is 12.0. The smallest absolute Gasteiger partial charge is 0.435 e. The normalized spacial score (nSPS) is 11.5. The molecule has 0 fully saturated rings. The maximum atomic E-state index is 12.0. The average molecular weight is 265 g/mol. The van der Waals surface area contributed by atoms with Gasteiger partial charge < -0.3 is 14.8 Å². The average Bonchev–Trinajstić information content (AvgIpc) is 2.43. The fourth-order valence-electron chi connectivity index (χ4n) is 1.49. The monoisotopic (exact) mass is 265 g/mol. The molecule has 0 saturated heterocycles. The van der Waals surface area contributed by atoms with Crippen LogP contribution in [0.4, 0.5) is 4.79 Å². The van der Waals surface area contributed by atoms with E-state index in [-0.39, 0.29) is 12.5 Å². The van der Waals surface area contributed by atoms with Crippen molar-refractivity contribution in [3.63, 3.8) is 0 Å². The lowest BCUT2D eigenvalue weighted by molar-refractivity contribution is -0.131. The number of carbonyl (C=O) groups excluding carboxylic acids is 2. The highest BCUT2D eigenvalue weighted by Crippen LogP contribution is 2.18. The maximum Gasteiger partial charge on any atom is 0.509 e. The summed E-state index contributed by atoms with van der Waals surface area (Å²) in [5, 5.41) is 2.71. The van der Waals surface area contributed by atoms with Crippen LogP contribution in [0, 0.1) is 0 Å². The fourth-order valence-corrected chi connectivity index (χ4v) is 1.49. The lowest BCUT2D eigenvalue weighted by atomic mass is 10.1. The number of ether oxygens (including phenoxy) is 2. The number of hydrogen-bond donors (Lipinski definition) is 1. The Morgan fingerprint density at radius 3 is 2.47 bits per heavy atom. The van der Waals surface area contributed by atoms with Gasteiger partial charge in [0.05, 0.1) is 6.61 Å². The molecular formula is C14H19NO4. The molecule has 0 spiro atoms. The zero-order valence-electron chi connectivity index (χ0n) is 11.2. The second kappa shape index (κ2) is 8.13. The molecule has 5 heteroatoms. The molecule has 0 aromatic heterocycles. The van der Waals surface area contributed by atoms with Crippen molar-refractivity contribution >= 4 is 12.1 Å². The van der Waals surface area contributed by atoms with E-state index < -0.39 is 12.3 Å². The molecule has 1 amide bonds. The van der Waals surface area contributed by atoms with E-state index >= 15 is 0 Å². The predicted molar refractivity (Wildman–Crippen MR) is 70.6 cm³/mol. The summed E-state index contributed by atoms with van der Waals surface area (Å²) in [7, 11) is 0. The van der Waals surface area contributed by atoms with Gasteiger partial charge in [-0.05, 0) is 13.3 Å². The number of amides is 1. The van der Waals surface area contributed by atoms with Crippen molar-refractivity contribution in [3.8, 4) is 0 Å². The van der Waals surface area contributed by atoms with Crippen molar-refractivity contribution in [2.24, 2.45) is 0 Å². The fraction of sp³-hybridized carbons (Fsp3) is 0.429. The van der Waals surface area contributed by atoms with Gasteiger partial charge >= 0.3 is 6.16 Å². The lowest BCUT2D eigenvalue weighted by Gasteiger charge is -2.17. The number of carbonyl (C=O) groups is 2. The first-order valence-electron chi connectivity index (χ1n) is 6.35. The summed E-state index contributed by atoms with van der Waals surface area (Å²) < 4.78 is 9.77. The molecule has 1 aromatic carbocycles. The van der Waals surface area contributed by atoms with Gasteiger partial charge in [0, 0.05) is 12.1 Å². The summed E-state index contributed by atoms with van der Waals surface area (Å²) in [6, 6.07) is 8.85. The Bertz CT molecular complexity index is 405. The van der Waals surface area contributed by atoms with Gasteiger partial charge in [-0.1, -0.05) is 37.3 Å². The molecule has 1 unspecified atom stereocenters. The number of rotatable bonds is 6. The highest BCUT2D eigenvalue weighted by molar-refractivity contribution is 5.84. The summed E-state index contributed by atoms with van der Waals surface area (Å²) in [5.74, 6) is -0.346. The van der Waals surface area contributed by atoms with Crippen molar-refractivity contribution in [3.05, 3.63) is 35.9 Å². The van der Waals surface area contributed by atoms with E-state index in [0.29, 0.717) is 12.1 Å². The van der Waals surface area contributed by atoms with Gasteiger partial charge in [0.2, 0.25) is 6.10 Å². The third kappa shape index (κ3) is 4.99. The lowest BCUT2D eigenvalue weighted by Crippen LogP contribution is -2.32. The van der Waals surface area contributed by atoms with E-state index in [9.17, 15) is 9.59 Å². The van der Waals surface area contributed by atoms with Gasteiger partial charge in [-0.2, -0.15) is 0 Å². The van der Waals surface area contributed by atoms with Crippen LogP contribution in [0.2, 0.25) is 0 Å². The number of hydrogen-bond acceptors (Lipinski definition) is 4. The molecule has 1 aromatic rings. The van der Waals surface area contributed by atoms with Crippen LogP contribution in [-0.2, 0) is 14.3 Å². The molecule has 0 aliphatic heterocycles. The second-order valence-electron chi connectivity index (χ2n) is 3.88. The molecule has 1 N–H and O–H groups in total. The molecule has 0 aliphatic carbocycles. The van der Waals surface area contributed by atoms with Crippen molar-refractivity contribution in [2.75, 3.05) is 13.2 Å². The Balaban J connectivity index is 2.79. The summed E-state index contributed by atoms with van der Waals surface area (Å²) >= 11 is 0. The summed E-state index contributed by atoms with van der Waals surface area (Å²) in [4.78, 5) is 23.4. The Hall–Kier alpha value is -2.04. The molecule has 0 bridgehead atoms.